The number of hydrogen-bond acceptors (Lipinski definition) is 3. The van der Waals surface area contributed by atoms with E-state index in [-0.39, 0.29) is 5.91 Å². The number of halogens is 1. The highest BCUT2D eigenvalue weighted by Crippen LogP contribution is 2.34. The molecule has 4 nitrogen and oxygen atoms in total. The number of benzene rings is 3. The molecule has 1 aliphatic heterocycles. The first kappa shape index (κ1) is 19.7. The molecule has 3 aromatic carbocycles. The van der Waals surface area contributed by atoms with E-state index in [4.69, 9.17) is 21.6 Å². The van der Waals surface area contributed by atoms with Crippen molar-refractivity contribution in [2.45, 2.75) is 19.3 Å². The van der Waals surface area contributed by atoms with Crippen molar-refractivity contribution in [1.29, 1.82) is 0 Å². The Morgan fingerprint density at radius 3 is 2.26 bits per heavy atom. The maximum absolute atomic E-state index is 13.0. The number of carbonyl (C=O) groups is 1. The maximum Gasteiger partial charge on any atom is 0.253 e. The third-order valence-electron chi connectivity index (χ3n) is 5.73. The number of carbonyl (C=O) groups excluding carboxylic acids is 1. The van der Waals surface area contributed by atoms with Crippen molar-refractivity contribution in [1.82, 2.24) is 14.9 Å². The van der Waals surface area contributed by atoms with Crippen LogP contribution in [0.2, 0.25) is 5.02 Å². The highest BCUT2D eigenvalue weighted by molar-refractivity contribution is 6.33. The van der Waals surface area contributed by atoms with Crippen LogP contribution in [0.25, 0.3) is 33.5 Å². The predicted octanol–water partition coefficient (Wildman–Crippen LogP) is 6.24. The van der Waals surface area contributed by atoms with Gasteiger partial charge in [-0.2, -0.15) is 0 Å². The van der Waals surface area contributed by atoms with Gasteiger partial charge in [-0.15, -0.1) is 0 Å². The molecule has 0 unspecified atom stereocenters. The van der Waals surface area contributed by atoms with Crippen molar-refractivity contribution in [2.24, 2.45) is 0 Å². The fourth-order valence-electron chi connectivity index (χ4n) is 4.11. The SMILES string of the molecule is O=C(c1ccc2nc(-c3ccccc3)c(-c3ccccc3Cl)nc2c1)N1CCCCC1. The first-order valence-electron chi connectivity index (χ1n) is 10.6. The molecule has 5 rings (SSSR count). The molecular weight excluding hydrogens is 406 g/mol. The van der Waals surface area contributed by atoms with E-state index in [1.807, 2.05) is 77.7 Å². The molecule has 0 N–H and O–H groups in total. The zero-order valence-corrected chi connectivity index (χ0v) is 17.8. The van der Waals surface area contributed by atoms with Gasteiger partial charge in [0, 0.05) is 29.8 Å². The smallest absolute Gasteiger partial charge is 0.253 e. The summed E-state index contributed by atoms with van der Waals surface area (Å²) in [5.74, 6) is 0.0647. The quantitative estimate of drug-likeness (QED) is 0.388. The third kappa shape index (κ3) is 3.91. The molecule has 5 heteroatoms. The molecule has 1 saturated heterocycles. The van der Waals surface area contributed by atoms with E-state index in [9.17, 15) is 4.79 Å². The molecule has 1 amide bonds. The highest BCUT2D eigenvalue weighted by Gasteiger charge is 2.20. The Balaban J connectivity index is 1.66. The van der Waals surface area contributed by atoms with Gasteiger partial charge < -0.3 is 4.90 Å². The third-order valence-corrected chi connectivity index (χ3v) is 6.06. The van der Waals surface area contributed by atoms with Crippen LogP contribution >= 0.6 is 11.6 Å². The van der Waals surface area contributed by atoms with Crippen LogP contribution in [0, 0.1) is 0 Å². The van der Waals surface area contributed by atoms with Gasteiger partial charge in [-0.3, -0.25) is 4.79 Å². The van der Waals surface area contributed by atoms with Gasteiger partial charge in [-0.05, 0) is 43.5 Å². The summed E-state index contributed by atoms with van der Waals surface area (Å²) in [4.78, 5) is 24.8. The van der Waals surface area contributed by atoms with E-state index in [0.29, 0.717) is 21.8 Å². The normalized spacial score (nSPS) is 14.0. The first-order valence-corrected chi connectivity index (χ1v) is 11.0. The number of likely N-dealkylation sites (tertiary alicyclic amines) is 1. The van der Waals surface area contributed by atoms with Crippen LogP contribution in [0.15, 0.2) is 72.8 Å². The molecule has 1 fully saturated rings. The number of piperidine rings is 1. The summed E-state index contributed by atoms with van der Waals surface area (Å²) in [6, 6.07) is 23.2. The van der Waals surface area contributed by atoms with Gasteiger partial charge in [0.1, 0.15) is 0 Å². The molecule has 0 radical (unpaired) electrons. The molecule has 31 heavy (non-hydrogen) atoms. The van der Waals surface area contributed by atoms with Gasteiger partial charge in [-0.25, -0.2) is 9.97 Å². The van der Waals surface area contributed by atoms with E-state index in [1.54, 1.807) is 0 Å². The summed E-state index contributed by atoms with van der Waals surface area (Å²) < 4.78 is 0. The maximum atomic E-state index is 13.0. The Morgan fingerprint density at radius 1 is 0.774 bits per heavy atom. The number of nitrogens with zero attached hydrogens (tertiary/aromatic N) is 3. The lowest BCUT2D eigenvalue weighted by Crippen LogP contribution is -2.35. The number of amides is 1. The van der Waals surface area contributed by atoms with Gasteiger partial charge in [0.05, 0.1) is 27.4 Å². The number of rotatable bonds is 3. The molecule has 2 heterocycles. The average Bonchev–Trinajstić information content (AvgIpc) is 2.84. The minimum absolute atomic E-state index is 0.0647. The van der Waals surface area contributed by atoms with Crippen molar-refractivity contribution in [2.75, 3.05) is 13.1 Å². The summed E-state index contributed by atoms with van der Waals surface area (Å²) >= 11 is 6.52. The lowest BCUT2D eigenvalue weighted by molar-refractivity contribution is 0.0724. The van der Waals surface area contributed by atoms with E-state index < -0.39 is 0 Å². The van der Waals surface area contributed by atoms with Crippen LogP contribution in [0.5, 0.6) is 0 Å². The lowest BCUT2D eigenvalue weighted by Gasteiger charge is -2.26. The molecule has 0 atom stereocenters. The standard InChI is InChI=1S/C26H22ClN3O/c27-21-12-6-5-11-20(21)25-24(18-9-3-1-4-10-18)28-22-14-13-19(17-23(22)29-25)26(31)30-15-7-2-8-16-30/h1,3-6,9-14,17H,2,7-8,15-16H2. The van der Waals surface area contributed by atoms with Crippen LogP contribution in [-0.4, -0.2) is 33.9 Å². The molecule has 1 aliphatic rings. The fraction of sp³-hybridized carbons (Fsp3) is 0.192. The van der Waals surface area contributed by atoms with Crippen molar-refractivity contribution in [3.63, 3.8) is 0 Å². The van der Waals surface area contributed by atoms with Crippen molar-refractivity contribution in [3.05, 3.63) is 83.4 Å². The van der Waals surface area contributed by atoms with Crippen molar-refractivity contribution >= 4 is 28.5 Å². The van der Waals surface area contributed by atoms with Gasteiger partial charge >= 0.3 is 0 Å². The summed E-state index contributed by atoms with van der Waals surface area (Å²) in [7, 11) is 0. The monoisotopic (exact) mass is 427 g/mol. The highest BCUT2D eigenvalue weighted by atomic mass is 35.5. The first-order chi connectivity index (χ1) is 15.2. The minimum Gasteiger partial charge on any atom is -0.339 e. The largest absolute Gasteiger partial charge is 0.339 e. The topological polar surface area (TPSA) is 46.1 Å². The van der Waals surface area contributed by atoms with Crippen molar-refractivity contribution < 1.29 is 4.79 Å². The average molecular weight is 428 g/mol. The van der Waals surface area contributed by atoms with Gasteiger partial charge in [0.15, 0.2) is 0 Å². The number of fused-ring (bicyclic) bond motifs is 1. The zero-order chi connectivity index (χ0) is 21.2. The molecule has 1 aromatic heterocycles. The van der Waals surface area contributed by atoms with Crippen LogP contribution in [0.4, 0.5) is 0 Å². The molecule has 154 valence electrons. The molecule has 0 aliphatic carbocycles. The summed E-state index contributed by atoms with van der Waals surface area (Å²) in [6.07, 6.45) is 3.32. The number of aromatic nitrogens is 2. The van der Waals surface area contributed by atoms with Crippen LogP contribution in [-0.2, 0) is 0 Å². The molecule has 0 bridgehead atoms. The van der Waals surface area contributed by atoms with Gasteiger partial charge in [0.2, 0.25) is 0 Å². The summed E-state index contributed by atoms with van der Waals surface area (Å²) in [6.45, 7) is 1.64. The molecule has 4 aromatic rings. The Kier molecular flexibility index (Phi) is 5.39. The second-order valence-corrected chi connectivity index (χ2v) is 8.23. The second kappa shape index (κ2) is 8.48. The van der Waals surface area contributed by atoms with Gasteiger partial charge in [-0.1, -0.05) is 60.1 Å². The van der Waals surface area contributed by atoms with E-state index in [2.05, 4.69) is 0 Å². The molecule has 0 spiro atoms. The molecular formula is C26H22ClN3O. The van der Waals surface area contributed by atoms with E-state index >= 15 is 0 Å². The van der Waals surface area contributed by atoms with Crippen LogP contribution < -0.4 is 0 Å². The Bertz CT molecular complexity index is 1250. The summed E-state index contributed by atoms with van der Waals surface area (Å²) in [5.41, 5.74) is 5.39. The van der Waals surface area contributed by atoms with Crippen molar-refractivity contribution in [3.8, 4) is 22.5 Å². The van der Waals surface area contributed by atoms with E-state index in [0.717, 1.165) is 48.3 Å². The lowest BCUT2D eigenvalue weighted by atomic mass is 10.0. The minimum atomic E-state index is 0.0647. The Morgan fingerprint density at radius 2 is 1.48 bits per heavy atom. The fourth-order valence-corrected chi connectivity index (χ4v) is 4.33. The summed E-state index contributed by atoms with van der Waals surface area (Å²) in [5, 5.41) is 0.619. The Hall–Kier alpha value is -3.24. The van der Waals surface area contributed by atoms with E-state index in [1.165, 1.54) is 6.42 Å². The van der Waals surface area contributed by atoms with Crippen LogP contribution in [0.3, 0.4) is 0 Å². The predicted molar refractivity (Wildman–Crippen MR) is 125 cm³/mol. The molecule has 0 saturated carbocycles. The van der Waals surface area contributed by atoms with Crippen LogP contribution in [0.1, 0.15) is 29.6 Å². The second-order valence-electron chi connectivity index (χ2n) is 7.82. The number of hydrogen-bond donors (Lipinski definition) is 0. The Labute approximate surface area is 186 Å². The van der Waals surface area contributed by atoms with Gasteiger partial charge in [0.25, 0.3) is 5.91 Å². The zero-order valence-electron chi connectivity index (χ0n) is 17.1.